The van der Waals surface area contributed by atoms with E-state index in [-0.39, 0.29) is 0 Å². The monoisotopic (exact) mass is 306 g/mol. The normalized spacial score (nSPS) is 10.8. The van der Waals surface area contributed by atoms with Crippen molar-refractivity contribution in [2.45, 2.75) is 43.8 Å². The molecule has 0 aliphatic rings. The minimum atomic E-state index is -0.908. The van der Waals surface area contributed by atoms with E-state index >= 15 is 0 Å². The van der Waals surface area contributed by atoms with Crippen LogP contribution in [0.25, 0.3) is 0 Å². The fraction of sp³-hybridized carbons (Fsp3) is 0.400. The predicted octanol–water partition coefficient (Wildman–Crippen LogP) is 3.71. The van der Waals surface area contributed by atoms with Crippen molar-refractivity contribution >= 4 is 17.7 Å². The van der Waals surface area contributed by atoms with Crippen LogP contribution in [-0.2, 0) is 12.2 Å². The van der Waals surface area contributed by atoms with Gasteiger partial charge in [0.1, 0.15) is 0 Å². The minimum Gasteiger partial charge on any atom is -0.478 e. The molecule has 1 aromatic carbocycles. The molecule has 0 amide bonds. The van der Waals surface area contributed by atoms with Crippen LogP contribution in [0.3, 0.4) is 0 Å². The van der Waals surface area contributed by atoms with E-state index in [0.29, 0.717) is 17.2 Å². The smallest absolute Gasteiger partial charge is 0.335 e. The number of hydrogen-bond donors (Lipinski definition) is 1. The summed E-state index contributed by atoms with van der Waals surface area (Å²) in [6.07, 6.45) is 2.98. The Morgan fingerprint density at radius 3 is 2.95 bits per heavy atom. The number of carbonyl (C=O) groups is 1. The lowest BCUT2D eigenvalue weighted by Gasteiger charge is -2.03. The molecule has 0 saturated carbocycles. The zero-order valence-electron chi connectivity index (χ0n) is 12.1. The molecule has 21 heavy (non-hydrogen) atoms. The third-order valence-corrected chi connectivity index (χ3v) is 4.04. The van der Waals surface area contributed by atoms with Gasteiger partial charge >= 0.3 is 5.97 Å². The van der Waals surface area contributed by atoms with Crippen LogP contribution in [0.1, 0.15) is 47.4 Å². The summed E-state index contributed by atoms with van der Waals surface area (Å²) in [6.45, 7) is 3.91. The fourth-order valence-electron chi connectivity index (χ4n) is 1.85. The molecule has 0 fully saturated rings. The van der Waals surface area contributed by atoms with Gasteiger partial charge < -0.3 is 9.63 Å². The number of thioether (sulfide) groups is 1. The number of benzene rings is 1. The number of hydrogen-bond acceptors (Lipinski definition) is 5. The number of nitrogens with zero attached hydrogens (tertiary/aromatic N) is 2. The first-order valence-corrected chi connectivity index (χ1v) is 7.87. The summed E-state index contributed by atoms with van der Waals surface area (Å²) in [5.74, 6) is 0.946. The summed E-state index contributed by atoms with van der Waals surface area (Å²) in [4.78, 5) is 16.3. The van der Waals surface area contributed by atoms with E-state index in [0.717, 1.165) is 35.5 Å². The van der Waals surface area contributed by atoms with E-state index in [4.69, 9.17) is 9.63 Å². The van der Waals surface area contributed by atoms with Crippen molar-refractivity contribution in [3.8, 4) is 0 Å². The second kappa shape index (κ2) is 7.26. The molecule has 1 N–H and O–H groups in total. The Morgan fingerprint density at radius 1 is 1.43 bits per heavy atom. The molecule has 0 bridgehead atoms. The third kappa shape index (κ3) is 4.32. The van der Waals surface area contributed by atoms with Gasteiger partial charge in [-0.25, -0.2) is 4.79 Å². The Kier molecular flexibility index (Phi) is 5.38. The third-order valence-electron chi connectivity index (χ3n) is 3.07. The highest BCUT2D eigenvalue weighted by molar-refractivity contribution is 7.98. The fourth-order valence-corrected chi connectivity index (χ4v) is 2.62. The first kappa shape index (κ1) is 15.6. The average Bonchev–Trinajstić information content (AvgIpc) is 2.92. The van der Waals surface area contributed by atoms with E-state index in [1.165, 1.54) is 11.8 Å². The van der Waals surface area contributed by atoms with E-state index < -0.39 is 5.97 Å². The number of aromatic nitrogens is 2. The molecule has 0 aliphatic heterocycles. The summed E-state index contributed by atoms with van der Waals surface area (Å²) in [5, 5.41) is 13.0. The molecule has 0 unspecified atom stereocenters. The summed E-state index contributed by atoms with van der Waals surface area (Å²) in [6, 6.07) is 5.39. The van der Waals surface area contributed by atoms with Gasteiger partial charge in [-0.15, -0.1) is 11.8 Å². The minimum absolute atomic E-state index is 0.328. The van der Waals surface area contributed by atoms with Crippen molar-refractivity contribution in [1.29, 1.82) is 0 Å². The van der Waals surface area contributed by atoms with Gasteiger partial charge in [-0.2, -0.15) is 4.98 Å². The van der Waals surface area contributed by atoms with Crippen molar-refractivity contribution in [2.24, 2.45) is 0 Å². The van der Waals surface area contributed by atoms with E-state index in [1.807, 2.05) is 12.1 Å². The van der Waals surface area contributed by atoms with Gasteiger partial charge in [0.2, 0.25) is 5.89 Å². The number of aromatic carboxylic acids is 1. The lowest BCUT2D eigenvalue weighted by atomic mass is 10.1. The number of carboxylic acid groups (broad SMARTS) is 1. The SMILES string of the molecule is CCCCc1noc(CSc2ccc(C)c(C(=O)O)c2)n1. The molecule has 2 aromatic rings. The molecule has 0 radical (unpaired) electrons. The van der Waals surface area contributed by atoms with Gasteiger partial charge in [0, 0.05) is 11.3 Å². The molecule has 112 valence electrons. The lowest BCUT2D eigenvalue weighted by Crippen LogP contribution is -1.99. The number of carboxylic acids is 1. The zero-order valence-corrected chi connectivity index (χ0v) is 12.9. The average molecular weight is 306 g/mol. The Morgan fingerprint density at radius 2 is 2.24 bits per heavy atom. The highest BCUT2D eigenvalue weighted by Gasteiger charge is 2.10. The van der Waals surface area contributed by atoms with Crippen LogP contribution in [0, 0.1) is 6.92 Å². The summed E-state index contributed by atoms with van der Waals surface area (Å²) in [7, 11) is 0. The van der Waals surface area contributed by atoms with Crippen LogP contribution in [0.2, 0.25) is 0 Å². The summed E-state index contributed by atoms with van der Waals surface area (Å²) < 4.78 is 5.19. The van der Waals surface area contributed by atoms with Crippen LogP contribution in [0.4, 0.5) is 0 Å². The second-order valence-electron chi connectivity index (χ2n) is 4.78. The molecular formula is C15H18N2O3S. The molecular weight excluding hydrogens is 288 g/mol. The Hall–Kier alpha value is -1.82. The molecule has 6 heteroatoms. The largest absolute Gasteiger partial charge is 0.478 e. The quantitative estimate of drug-likeness (QED) is 0.786. The highest BCUT2D eigenvalue weighted by Crippen LogP contribution is 2.24. The van der Waals surface area contributed by atoms with Gasteiger partial charge in [0.25, 0.3) is 0 Å². The number of aryl methyl sites for hydroxylation is 2. The van der Waals surface area contributed by atoms with Crippen molar-refractivity contribution in [3.63, 3.8) is 0 Å². The van der Waals surface area contributed by atoms with Crippen LogP contribution in [0.5, 0.6) is 0 Å². The van der Waals surface area contributed by atoms with Crippen LogP contribution < -0.4 is 0 Å². The van der Waals surface area contributed by atoms with Gasteiger partial charge in [0.05, 0.1) is 11.3 Å². The van der Waals surface area contributed by atoms with E-state index in [9.17, 15) is 4.79 Å². The van der Waals surface area contributed by atoms with Gasteiger partial charge in [0.15, 0.2) is 5.82 Å². The Balaban J connectivity index is 1.98. The highest BCUT2D eigenvalue weighted by atomic mass is 32.2. The topological polar surface area (TPSA) is 76.2 Å². The maximum absolute atomic E-state index is 11.1. The van der Waals surface area contributed by atoms with Crippen LogP contribution >= 0.6 is 11.8 Å². The Bertz CT molecular complexity index is 625. The molecule has 0 atom stereocenters. The van der Waals surface area contributed by atoms with Crippen molar-refractivity contribution in [1.82, 2.24) is 10.1 Å². The predicted molar refractivity (Wildman–Crippen MR) is 80.6 cm³/mol. The van der Waals surface area contributed by atoms with Gasteiger partial charge in [-0.05, 0) is 31.0 Å². The van der Waals surface area contributed by atoms with Gasteiger partial charge in [-0.1, -0.05) is 24.6 Å². The first-order chi connectivity index (χ1) is 10.1. The molecule has 1 heterocycles. The molecule has 5 nitrogen and oxygen atoms in total. The number of unbranched alkanes of at least 4 members (excludes halogenated alkanes) is 1. The van der Waals surface area contributed by atoms with Crippen molar-refractivity contribution in [3.05, 3.63) is 41.0 Å². The molecule has 0 aliphatic carbocycles. The van der Waals surface area contributed by atoms with E-state index in [2.05, 4.69) is 17.1 Å². The molecule has 0 saturated heterocycles. The number of rotatable bonds is 7. The van der Waals surface area contributed by atoms with Crippen LogP contribution in [0.15, 0.2) is 27.6 Å². The first-order valence-electron chi connectivity index (χ1n) is 6.88. The molecule has 2 rings (SSSR count). The zero-order chi connectivity index (χ0) is 15.2. The van der Waals surface area contributed by atoms with E-state index in [1.54, 1.807) is 13.0 Å². The summed E-state index contributed by atoms with van der Waals surface area (Å²) in [5.41, 5.74) is 1.08. The second-order valence-corrected chi connectivity index (χ2v) is 5.83. The molecule has 0 spiro atoms. The van der Waals surface area contributed by atoms with Crippen molar-refractivity contribution < 1.29 is 14.4 Å². The maximum atomic E-state index is 11.1. The van der Waals surface area contributed by atoms with Crippen LogP contribution in [-0.4, -0.2) is 21.2 Å². The summed E-state index contributed by atoms with van der Waals surface area (Å²) >= 11 is 1.49. The van der Waals surface area contributed by atoms with Crippen molar-refractivity contribution in [2.75, 3.05) is 0 Å². The standard InChI is InChI=1S/C15H18N2O3S/c1-3-4-5-13-16-14(20-17-13)9-21-11-7-6-10(2)12(8-11)15(18)19/h6-8H,3-5,9H2,1-2H3,(H,18,19). The lowest BCUT2D eigenvalue weighted by molar-refractivity contribution is 0.0696. The maximum Gasteiger partial charge on any atom is 0.335 e. The molecule has 1 aromatic heterocycles. The van der Waals surface area contributed by atoms with Gasteiger partial charge in [-0.3, -0.25) is 0 Å². The Labute approximate surface area is 127 Å².